The molecule has 1 aliphatic rings. The highest BCUT2D eigenvalue weighted by atomic mass is 35.5. The Labute approximate surface area is 63.7 Å². The zero-order valence-electron chi connectivity index (χ0n) is 4.81. The van der Waals surface area contributed by atoms with Crippen LogP contribution in [0, 0.1) is 0 Å². The SMILES string of the molecule is O[C@@H]1OCCCC1(Cl)Cl. The first kappa shape index (κ1) is 7.61. The van der Waals surface area contributed by atoms with E-state index in [-0.39, 0.29) is 0 Å². The third-order valence-electron chi connectivity index (χ3n) is 1.29. The minimum Gasteiger partial charge on any atom is -0.366 e. The average molecular weight is 171 g/mol. The molecule has 0 spiro atoms. The smallest absolute Gasteiger partial charge is 0.187 e. The second-order valence-electron chi connectivity index (χ2n) is 2.09. The van der Waals surface area contributed by atoms with Crippen LogP contribution in [0.4, 0.5) is 0 Å². The second-order valence-corrected chi connectivity index (χ2v) is 3.63. The van der Waals surface area contributed by atoms with Crippen LogP contribution >= 0.6 is 23.2 Å². The third-order valence-corrected chi connectivity index (χ3v) is 2.04. The van der Waals surface area contributed by atoms with Crippen molar-refractivity contribution in [3.63, 3.8) is 0 Å². The van der Waals surface area contributed by atoms with Crippen LogP contribution in [0.5, 0.6) is 0 Å². The molecule has 2 nitrogen and oxygen atoms in total. The molecule has 1 atom stereocenters. The molecule has 1 N–H and O–H groups in total. The van der Waals surface area contributed by atoms with Crippen molar-refractivity contribution in [3.05, 3.63) is 0 Å². The number of alkyl halides is 2. The number of halogens is 2. The van der Waals surface area contributed by atoms with Crippen molar-refractivity contribution in [2.24, 2.45) is 0 Å². The molecular formula is C5H8Cl2O2. The Kier molecular flexibility index (Phi) is 2.22. The molecule has 54 valence electrons. The first-order valence-corrected chi connectivity index (χ1v) is 3.56. The lowest BCUT2D eigenvalue weighted by atomic mass is 10.2. The summed E-state index contributed by atoms with van der Waals surface area (Å²) in [4.78, 5) is 0. The Bertz CT molecular complexity index is 105. The number of hydrogen-bond acceptors (Lipinski definition) is 2. The molecule has 0 unspecified atom stereocenters. The molecule has 0 aromatic rings. The van der Waals surface area contributed by atoms with Gasteiger partial charge < -0.3 is 9.84 Å². The van der Waals surface area contributed by atoms with Gasteiger partial charge in [0.05, 0.1) is 0 Å². The maximum Gasteiger partial charge on any atom is 0.187 e. The summed E-state index contributed by atoms with van der Waals surface area (Å²) in [5, 5.41) is 8.95. The lowest BCUT2D eigenvalue weighted by Crippen LogP contribution is -2.37. The molecule has 0 radical (unpaired) electrons. The molecule has 0 amide bonds. The molecule has 1 aliphatic heterocycles. The quantitative estimate of drug-likeness (QED) is 0.556. The lowest BCUT2D eigenvalue weighted by molar-refractivity contribution is -0.129. The van der Waals surface area contributed by atoms with Crippen molar-refractivity contribution < 1.29 is 9.84 Å². The molecule has 0 aromatic heterocycles. The van der Waals surface area contributed by atoms with Crippen LogP contribution in [0.2, 0.25) is 0 Å². The summed E-state index contributed by atoms with van der Waals surface area (Å²) in [5.74, 6) is 0. The number of ether oxygens (including phenoxy) is 1. The van der Waals surface area contributed by atoms with Crippen LogP contribution < -0.4 is 0 Å². The van der Waals surface area contributed by atoms with Crippen molar-refractivity contribution in [3.8, 4) is 0 Å². The molecule has 0 saturated carbocycles. The molecule has 0 aromatic carbocycles. The number of rotatable bonds is 0. The Hall–Kier alpha value is 0.500. The van der Waals surface area contributed by atoms with Crippen molar-refractivity contribution in [1.29, 1.82) is 0 Å². The van der Waals surface area contributed by atoms with E-state index in [1.54, 1.807) is 0 Å². The standard InChI is InChI=1S/C5H8Cl2O2/c6-5(7)2-1-3-9-4(5)8/h4,8H,1-3H2/t4-/m1/s1. The molecule has 1 fully saturated rings. The van der Waals surface area contributed by atoms with Crippen LogP contribution in [-0.4, -0.2) is 22.3 Å². The van der Waals surface area contributed by atoms with Gasteiger partial charge in [0, 0.05) is 6.61 Å². The molecule has 0 aliphatic carbocycles. The van der Waals surface area contributed by atoms with Gasteiger partial charge in [-0.3, -0.25) is 0 Å². The Morgan fingerprint density at radius 2 is 2.22 bits per heavy atom. The fourth-order valence-corrected chi connectivity index (χ4v) is 1.14. The molecule has 1 rings (SSSR count). The number of aliphatic hydroxyl groups is 1. The van der Waals surface area contributed by atoms with E-state index >= 15 is 0 Å². The van der Waals surface area contributed by atoms with Crippen molar-refractivity contribution in [1.82, 2.24) is 0 Å². The molecule has 0 bridgehead atoms. The number of hydrogen-bond donors (Lipinski definition) is 1. The summed E-state index contributed by atoms with van der Waals surface area (Å²) < 4.78 is 3.70. The Morgan fingerprint density at radius 1 is 1.56 bits per heavy atom. The van der Waals surface area contributed by atoms with E-state index in [0.29, 0.717) is 13.0 Å². The fourth-order valence-electron chi connectivity index (χ4n) is 0.748. The van der Waals surface area contributed by atoms with Crippen molar-refractivity contribution >= 4 is 23.2 Å². The van der Waals surface area contributed by atoms with E-state index in [1.165, 1.54) is 0 Å². The molecule has 1 heterocycles. The Morgan fingerprint density at radius 3 is 2.56 bits per heavy atom. The number of aliphatic hydroxyl groups excluding tert-OH is 1. The minimum absolute atomic E-state index is 0.544. The maximum absolute atomic E-state index is 8.95. The second kappa shape index (κ2) is 2.62. The topological polar surface area (TPSA) is 29.5 Å². The summed E-state index contributed by atoms with van der Waals surface area (Å²) in [5.41, 5.74) is 0. The van der Waals surface area contributed by atoms with Gasteiger partial charge in [-0.1, -0.05) is 23.2 Å². The predicted octanol–water partition coefficient (Wildman–Crippen LogP) is 1.29. The first-order chi connectivity index (χ1) is 4.13. The molecular weight excluding hydrogens is 163 g/mol. The summed E-state index contributed by atoms with van der Waals surface area (Å²) in [6, 6.07) is 0. The van der Waals surface area contributed by atoms with Gasteiger partial charge in [-0.2, -0.15) is 0 Å². The van der Waals surface area contributed by atoms with Crippen LogP contribution in [0.3, 0.4) is 0 Å². The first-order valence-electron chi connectivity index (χ1n) is 2.80. The van der Waals surface area contributed by atoms with Gasteiger partial charge in [0.15, 0.2) is 10.6 Å². The summed E-state index contributed by atoms with van der Waals surface area (Å²) in [6.07, 6.45) is 0.385. The highest BCUT2D eigenvalue weighted by Gasteiger charge is 2.36. The minimum atomic E-state index is -1.09. The van der Waals surface area contributed by atoms with E-state index < -0.39 is 10.6 Å². The molecule has 4 heteroatoms. The van der Waals surface area contributed by atoms with Gasteiger partial charge >= 0.3 is 0 Å². The monoisotopic (exact) mass is 170 g/mol. The largest absolute Gasteiger partial charge is 0.366 e. The summed E-state index contributed by atoms with van der Waals surface area (Å²) >= 11 is 11.2. The lowest BCUT2D eigenvalue weighted by Gasteiger charge is -2.29. The van der Waals surface area contributed by atoms with E-state index in [9.17, 15) is 0 Å². The Balaban J connectivity index is 2.49. The fraction of sp³-hybridized carbons (Fsp3) is 1.00. The van der Waals surface area contributed by atoms with Crippen LogP contribution in [-0.2, 0) is 4.74 Å². The maximum atomic E-state index is 8.95. The van der Waals surface area contributed by atoms with Gasteiger partial charge in [0.25, 0.3) is 0 Å². The van der Waals surface area contributed by atoms with E-state index in [4.69, 9.17) is 33.0 Å². The summed E-state index contributed by atoms with van der Waals surface area (Å²) in [6.45, 7) is 0.544. The third kappa shape index (κ3) is 1.71. The zero-order valence-corrected chi connectivity index (χ0v) is 6.32. The van der Waals surface area contributed by atoms with E-state index in [0.717, 1.165) is 6.42 Å². The molecule has 9 heavy (non-hydrogen) atoms. The van der Waals surface area contributed by atoms with Crippen LogP contribution in [0.25, 0.3) is 0 Å². The average Bonchev–Trinajstić information content (AvgIpc) is 1.77. The van der Waals surface area contributed by atoms with Gasteiger partial charge in [0.2, 0.25) is 0 Å². The van der Waals surface area contributed by atoms with Crippen molar-refractivity contribution in [2.45, 2.75) is 23.5 Å². The normalized spacial score (nSPS) is 34.3. The highest BCUT2D eigenvalue weighted by Crippen LogP contribution is 2.34. The van der Waals surface area contributed by atoms with Crippen molar-refractivity contribution in [2.75, 3.05) is 6.61 Å². The van der Waals surface area contributed by atoms with Gasteiger partial charge in [-0.05, 0) is 12.8 Å². The predicted molar refractivity (Wildman–Crippen MR) is 35.6 cm³/mol. The van der Waals surface area contributed by atoms with E-state index in [2.05, 4.69) is 0 Å². The van der Waals surface area contributed by atoms with E-state index in [1.807, 2.05) is 0 Å². The van der Waals surface area contributed by atoms with Gasteiger partial charge in [0.1, 0.15) is 0 Å². The van der Waals surface area contributed by atoms with Crippen LogP contribution in [0.1, 0.15) is 12.8 Å². The van der Waals surface area contributed by atoms with Gasteiger partial charge in [-0.15, -0.1) is 0 Å². The zero-order chi connectivity index (χ0) is 6.91. The summed E-state index contributed by atoms with van der Waals surface area (Å²) in [7, 11) is 0. The van der Waals surface area contributed by atoms with Crippen LogP contribution in [0.15, 0.2) is 0 Å². The molecule has 1 saturated heterocycles. The van der Waals surface area contributed by atoms with Gasteiger partial charge in [-0.25, -0.2) is 0 Å². The highest BCUT2D eigenvalue weighted by molar-refractivity contribution is 6.48.